The van der Waals surface area contributed by atoms with Gasteiger partial charge in [-0.3, -0.25) is 9.59 Å². The minimum atomic E-state index is -1.16. The number of nitrogens with zero attached hydrogens (tertiary/aromatic N) is 2. The molecule has 0 unspecified atom stereocenters. The fourth-order valence-electron chi connectivity index (χ4n) is 5.06. The molecule has 10 nitrogen and oxygen atoms in total. The van der Waals surface area contributed by atoms with Gasteiger partial charge in [0.15, 0.2) is 0 Å². The van der Waals surface area contributed by atoms with Gasteiger partial charge in [-0.05, 0) is 69.4 Å². The van der Waals surface area contributed by atoms with Crippen molar-refractivity contribution in [3.63, 3.8) is 0 Å². The molecule has 2 aromatic heterocycles. The molecular weight excluding hydrogens is 486 g/mol. The zero-order valence-corrected chi connectivity index (χ0v) is 21.5. The number of rotatable bonds is 9. The number of aromatic amines is 1. The van der Waals surface area contributed by atoms with Crippen LogP contribution in [0, 0.1) is 5.92 Å². The molecule has 0 atom stereocenters. The van der Waals surface area contributed by atoms with Crippen LogP contribution in [0.4, 0.5) is 0 Å². The van der Waals surface area contributed by atoms with E-state index in [1.165, 1.54) is 19.2 Å². The van der Waals surface area contributed by atoms with E-state index in [0.29, 0.717) is 59.2 Å². The first-order valence-electron chi connectivity index (χ1n) is 13.4. The van der Waals surface area contributed by atoms with Crippen LogP contribution in [0.2, 0.25) is 0 Å². The number of methoxy groups -OCH3 is 1. The van der Waals surface area contributed by atoms with Crippen LogP contribution in [0.3, 0.4) is 0 Å². The first-order valence-corrected chi connectivity index (χ1v) is 13.4. The maximum Gasteiger partial charge on any atom is 0.255 e. The molecule has 3 fully saturated rings. The molecule has 3 aliphatic rings. The zero-order chi connectivity index (χ0) is 26.3. The second kappa shape index (κ2) is 9.90. The van der Waals surface area contributed by atoms with Crippen LogP contribution in [0.1, 0.15) is 61.7 Å². The normalized spacial score (nSPS) is 22.1. The van der Waals surface area contributed by atoms with Gasteiger partial charge in [0.25, 0.3) is 11.8 Å². The fraction of sp³-hybridized carbons (Fsp3) is 0.500. The summed E-state index contributed by atoms with van der Waals surface area (Å²) in [6.07, 6.45) is 9.62. The van der Waals surface area contributed by atoms with Crippen molar-refractivity contribution in [1.82, 2.24) is 25.6 Å². The van der Waals surface area contributed by atoms with Crippen LogP contribution < -0.4 is 20.1 Å². The highest BCUT2D eigenvalue weighted by atomic mass is 16.5. The van der Waals surface area contributed by atoms with Crippen LogP contribution in [-0.4, -0.2) is 63.3 Å². The van der Waals surface area contributed by atoms with Gasteiger partial charge in [-0.1, -0.05) is 0 Å². The van der Waals surface area contributed by atoms with E-state index in [0.717, 1.165) is 31.2 Å². The summed E-state index contributed by atoms with van der Waals surface area (Å²) in [5.41, 5.74) is 2.00. The number of nitrogens with one attached hydrogen (secondary N) is 3. The van der Waals surface area contributed by atoms with E-state index in [1.54, 1.807) is 13.3 Å². The predicted octanol–water partition coefficient (Wildman–Crippen LogP) is 3.10. The summed E-state index contributed by atoms with van der Waals surface area (Å²) < 4.78 is 11.5. The Hall–Kier alpha value is -3.66. The SMILES string of the molecule is COc1ccc(-c2ncnc3c(C(=O)N[C@H]4CC[C@H](NC(=O)C5(O)CC5)CC4)c[nH]c23)c(OCC2CC2)c1. The Morgan fingerprint density at radius 2 is 1.82 bits per heavy atom. The van der Waals surface area contributed by atoms with E-state index in [4.69, 9.17) is 9.47 Å². The third-order valence-corrected chi connectivity index (χ3v) is 7.87. The number of aromatic nitrogens is 3. The van der Waals surface area contributed by atoms with E-state index in [9.17, 15) is 14.7 Å². The molecule has 10 heteroatoms. The van der Waals surface area contributed by atoms with Gasteiger partial charge in [-0.2, -0.15) is 0 Å². The molecule has 200 valence electrons. The number of amides is 2. The number of fused-ring (bicyclic) bond motifs is 1. The average molecular weight is 520 g/mol. The first-order chi connectivity index (χ1) is 18.4. The molecule has 0 radical (unpaired) electrons. The highest BCUT2D eigenvalue weighted by Crippen LogP contribution is 2.38. The van der Waals surface area contributed by atoms with Gasteiger partial charge in [0.05, 0.1) is 24.8 Å². The second-order valence-corrected chi connectivity index (χ2v) is 10.8. The number of carbonyl (C=O) groups is 2. The highest BCUT2D eigenvalue weighted by molar-refractivity contribution is 6.08. The number of hydrogen-bond donors (Lipinski definition) is 4. The molecule has 2 heterocycles. The smallest absolute Gasteiger partial charge is 0.255 e. The summed E-state index contributed by atoms with van der Waals surface area (Å²) in [6.45, 7) is 0.652. The first kappa shape index (κ1) is 24.7. The number of aliphatic hydroxyl groups is 1. The highest BCUT2D eigenvalue weighted by Gasteiger charge is 2.48. The standard InChI is InChI=1S/C28H33N5O5/c1-37-19-8-9-20(22(12-19)38-14-16-2-3-16)23-25-24(31-15-30-23)21(13-29-25)26(34)32-17-4-6-18(7-5-17)33-27(35)28(36)10-11-28/h8-9,12-13,15-18,29,36H,2-7,10-11,14H2,1H3,(H,32,34)(H,33,35)/t17-,18-. The monoisotopic (exact) mass is 519 g/mol. The predicted molar refractivity (Wildman–Crippen MR) is 140 cm³/mol. The van der Waals surface area contributed by atoms with Crippen molar-refractivity contribution in [2.24, 2.45) is 5.92 Å². The number of ether oxygens (including phenoxy) is 2. The van der Waals surface area contributed by atoms with Crippen LogP contribution in [-0.2, 0) is 4.79 Å². The largest absolute Gasteiger partial charge is 0.497 e. The summed E-state index contributed by atoms with van der Waals surface area (Å²) in [6, 6.07) is 5.70. The van der Waals surface area contributed by atoms with E-state index in [1.807, 2.05) is 18.2 Å². The number of benzene rings is 1. The van der Waals surface area contributed by atoms with Crippen LogP contribution >= 0.6 is 0 Å². The van der Waals surface area contributed by atoms with Crippen molar-refractivity contribution < 1.29 is 24.2 Å². The van der Waals surface area contributed by atoms with Crippen molar-refractivity contribution in [3.8, 4) is 22.8 Å². The Morgan fingerprint density at radius 3 is 2.50 bits per heavy atom. The summed E-state index contributed by atoms with van der Waals surface area (Å²) in [4.78, 5) is 37.5. The molecule has 1 aromatic carbocycles. The topological polar surface area (TPSA) is 138 Å². The zero-order valence-electron chi connectivity index (χ0n) is 21.5. The maximum absolute atomic E-state index is 13.2. The molecule has 0 bridgehead atoms. The van der Waals surface area contributed by atoms with E-state index in [2.05, 4.69) is 25.6 Å². The van der Waals surface area contributed by atoms with Gasteiger partial charge in [0.1, 0.15) is 34.6 Å². The summed E-state index contributed by atoms with van der Waals surface area (Å²) in [5, 5.41) is 16.1. The lowest BCUT2D eigenvalue weighted by Crippen LogP contribution is -2.47. The van der Waals surface area contributed by atoms with Crippen LogP contribution in [0.5, 0.6) is 11.5 Å². The minimum Gasteiger partial charge on any atom is -0.497 e. The van der Waals surface area contributed by atoms with Gasteiger partial charge < -0.3 is 30.2 Å². The third kappa shape index (κ3) is 5.05. The van der Waals surface area contributed by atoms with Gasteiger partial charge in [-0.25, -0.2) is 9.97 Å². The van der Waals surface area contributed by atoms with Gasteiger partial charge >= 0.3 is 0 Å². The Labute approximate surface area is 220 Å². The lowest BCUT2D eigenvalue weighted by atomic mass is 9.90. The lowest BCUT2D eigenvalue weighted by molar-refractivity contribution is -0.132. The fourth-order valence-corrected chi connectivity index (χ4v) is 5.06. The summed E-state index contributed by atoms with van der Waals surface area (Å²) in [7, 11) is 1.62. The molecule has 2 amide bonds. The van der Waals surface area contributed by atoms with Crippen molar-refractivity contribution in [2.45, 2.75) is 69.1 Å². The lowest BCUT2D eigenvalue weighted by Gasteiger charge is -2.30. The van der Waals surface area contributed by atoms with Crippen molar-refractivity contribution in [3.05, 3.63) is 36.3 Å². The Kier molecular flexibility index (Phi) is 6.43. The molecule has 38 heavy (non-hydrogen) atoms. The van der Waals surface area contributed by atoms with E-state index < -0.39 is 5.60 Å². The molecule has 0 aliphatic heterocycles. The number of hydrogen-bond acceptors (Lipinski definition) is 7. The van der Waals surface area contributed by atoms with Crippen molar-refractivity contribution in [1.29, 1.82) is 0 Å². The van der Waals surface area contributed by atoms with Gasteiger partial charge in [0, 0.05) is 29.9 Å². The van der Waals surface area contributed by atoms with Crippen LogP contribution in [0.15, 0.2) is 30.7 Å². The van der Waals surface area contributed by atoms with E-state index >= 15 is 0 Å². The van der Waals surface area contributed by atoms with Gasteiger partial charge in [0.2, 0.25) is 0 Å². The molecule has 3 aromatic rings. The molecule has 6 rings (SSSR count). The number of carbonyl (C=O) groups excluding carboxylic acids is 2. The molecule has 3 saturated carbocycles. The number of H-pyrrole nitrogens is 1. The molecule has 0 spiro atoms. The quantitative estimate of drug-likeness (QED) is 0.341. The third-order valence-electron chi connectivity index (χ3n) is 7.87. The van der Waals surface area contributed by atoms with Gasteiger partial charge in [-0.15, -0.1) is 0 Å². The van der Waals surface area contributed by atoms with Crippen LogP contribution in [0.25, 0.3) is 22.3 Å². The summed E-state index contributed by atoms with van der Waals surface area (Å²) >= 11 is 0. The average Bonchev–Trinajstić information content (AvgIpc) is 3.86. The Balaban J connectivity index is 1.16. The van der Waals surface area contributed by atoms with Crippen molar-refractivity contribution in [2.75, 3.05) is 13.7 Å². The Bertz CT molecular complexity index is 1350. The molecular formula is C28H33N5O5. The molecule has 4 N–H and O–H groups in total. The second-order valence-electron chi connectivity index (χ2n) is 10.8. The van der Waals surface area contributed by atoms with E-state index in [-0.39, 0.29) is 23.9 Å². The maximum atomic E-state index is 13.2. The summed E-state index contributed by atoms with van der Waals surface area (Å²) in [5.74, 6) is 1.53. The molecule has 0 saturated heterocycles. The minimum absolute atomic E-state index is 0.00920. The molecule has 3 aliphatic carbocycles. The van der Waals surface area contributed by atoms with Crippen molar-refractivity contribution >= 4 is 22.8 Å². The Morgan fingerprint density at radius 1 is 1.08 bits per heavy atom.